The lowest BCUT2D eigenvalue weighted by Crippen LogP contribution is -2.15. The van der Waals surface area contributed by atoms with Crippen molar-refractivity contribution >= 4 is 44.9 Å². The number of rotatable bonds is 5. The molecule has 2 aromatic carbocycles. The van der Waals surface area contributed by atoms with Crippen LogP contribution in [-0.2, 0) is 10.5 Å². The van der Waals surface area contributed by atoms with Gasteiger partial charge in [-0.3, -0.25) is 4.79 Å². The maximum atomic E-state index is 13.4. The minimum Gasteiger partial charge on any atom is -0.323 e. The molecule has 118 valence electrons. The van der Waals surface area contributed by atoms with E-state index in [1.54, 1.807) is 11.3 Å². The maximum absolute atomic E-state index is 13.4. The standard InChI is InChI=1S/C16H12F2N2OS2/c17-10-5-6-11(18)13(7-10)19-15(21)8-22-9-16-20-12-3-1-2-4-14(12)23-16/h1-7H,8-9H2,(H,19,21). The fourth-order valence-electron chi connectivity index (χ4n) is 1.99. The third-order valence-electron chi connectivity index (χ3n) is 3.00. The highest BCUT2D eigenvalue weighted by Crippen LogP contribution is 2.25. The molecule has 0 bridgehead atoms. The molecule has 1 N–H and O–H groups in total. The number of fused-ring (bicyclic) bond motifs is 1. The molecule has 0 radical (unpaired) electrons. The van der Waals surface area contributed by atoms with Crippen LogP contribution in [0.15, 0.2) is 42.5 Å². The van der Waals surface area contributed by atoms with Crippen LogP contribution in [0.2, 0.25) is 0 Å². The average Bonchev–Trinajstić information content (AvgIpc) is 2.93. The SMILES string of the molecule is O=C(CSCc1nc2ccccc2s1)Nc1cc(F)ccc1F. The molecule has 0 aliphatic rings. The number of carbonyl (C=O) groups excluding carboxylic acids is 1. The molecule has 0 fully saturated rings. The minimum absolute atomic E-state index is 0.143. The number of carbonyl (C=O) groups is 1. The molecule has 23 heavy (non-hydrogen) atoms. The van der Waals surface area contributed by atoms with Gasteiger partial charge in [0.1, 0.15) is 16.6 Å². The lowest BCUT2D eigenvalue weighted by atomic mass is 10.3. The number of nitrogens with zero attached hydrogens (tertiary/aromatic N) is 1. The summed E-state index contributed by atoms with van der Waals surface area (Å²) < 4.78 is 27.6. The fourth-order valence-corrected chi connectivity index (χ4v) is 3.84. The number of thiazole rings is 1. The summed E-state index contributed by atoms with van der Waals surface area (Å²) in [6, 6.07) is 10.8. The van der Waals surface area contributed by atoms with Crippen LogP contribution in [0.4, 0.5) is 14.5 Å². The van der Waals surface area contributed by atoms with Gasteiger partial charge in [0, 0.05) is 11.8 Å². The molecule has 7 heteroatoms. The molecule has 3 nitrogen and oxygen atoms in total. The molecule has 0 saturated carbocycles. The zero-order chi connectivity index (χ0) is 16.2. The number of hydrogen-bond acceptors (Lipinski definition) is 4. The Kier molecular flexibility index (Phi) is 4.88. The summed E-state index contributed by atoms with van der Waals surface area (Å²) in [6.07, 6.45) is 0. The highest BCUT2D eigenvalue weighted by atomic mass is 32.2. The van der Waals surface area contributed by atoms with E-state index in [1.165, 1.54) is 11.8 Å². The Morgan fingerprint density at radius 1 is 1.22 bits per heavy atom. The number of nitrogens with one attached hydrogen (secondary N) is 1. The molecule has 0 unspecified atom stereocenters. The van der Waals surface area contributed by atoms with Gasteiger partial charge < -0.3 is 5.32 Å². The molecular formula is C16H12F2N2OS2. The van der Waals surface area contributed by atoms with Gasteiger partial charge in [-0.25, -0.2) is 13.8 Å². The first-order valence-electron chi connectivity index (χ1n) is 6.79. The molecule has 0 aliphatic heterocycles. The van der Waals surface area contributed by atoms with Crippen LogP contribution < -0.4 is 5.32 Å². The molecular weight excluding hydrogens is 338 g/mol. The maximum Gasteiger partial charge on any atom is 0.234 e. The first kappa shape index (κ1) is 15.9. The Labute approximate surface area is 139 Å². The van der Waals surface area contributed by atoms with E-state index in [1.807, 2.05) is 24.3 Å². The summed E-state index contributed by atoms with van der Waals surface area (Å²) in [4.78, 5) is 16.3. The zero-order valence-corrected chi connectivity index (χ0v) is 13.5. The normalized spacial score (nSPS) is 10.9. The average molecular weight is 350 g/mol. The number of benzene rings is 2. The van der Waals surface area contributed by atoms with E-state index in [-0.39, 0.29) is 17.3 Å². The van der Waals surface area contributed by atoms with Crippen molar-refractivity contribution in [1.82, 2.24) is 4.98 Å². The van der Waals surface area contributed by atoms with Gasteiger partial charge in [0.05, 0.1) is 21.7 Å². The van der Waals surface area contributed by atoms with E-state index in [9.17, 15) is 13.6 Å². The Morgan fingerprint density at radius 2 is 2.04 bits per heavy atom. The molecule has 0 spiro atoms. The van der Waals surface area contributed by atoms with Gasteiger partial charge in [0.25, 0.3) is 0 Å². The lowest BCUT2D eigenvalue weighted by Gasteiger charge is -2.06. The zero-order valence-electron chi connectivity index (χ0n) is 11.9. The molecule has 0 saturated heterocycles. The highest BCUT2D eigenvalue weighted by Gasteiger charge is 2.09. The van der Waals surface area contributed by atoms with Gasteiger partial charge >= 0.3 is 0 Å². The number of para-hydroxylation sites is 1. The van der Waals surface area contributed by atoms with Gasteiger partial charge in [-0.05, 0) is 24.3 Å². The van der Waals surface area contributed by atoms with Crippen molar-refractivity contribution in [2.24, 2.45) is 0 Å². The van der Waals surface area contributed by atoms with Crippen molar-refractivity contribution in [2.45, 2.75) is 5.75 Å². The third-order valence-corrected chi connectivity index (χ3v) is 5.16. The van der Waals surface area contributed by atoms with E-state index in [0.29, 0.717) is 5.75 Å². The lowest BCUT2D eigenvalue weighted by molar-refractivity contribution is -0.113. The van der Waals surface area contributed by atoms with Crippen molar-refractivity contribution in [3.05, 3.63) is 59.1 Å². The summed E-state index contributed by atoms with van der Waals surface area (Å²) in [7, 11) is 0. The second-order valence-corrected chi connectivity index (χ2v) is 6.84. The topological polar surface area (TPSA) is 42.0 Å². The largest absolute Gasteiger partial charge is 0.323 e. The minimum atomic E-state index is -0.657. The summed E-state index contributed by atoms with van der Waals surface area (Å²) in [6.45, 7) is 0. The van der Waals surface area contributed by atoms with E-state index in [4.69, 9.17) is 0 Å². The Balaban J connectivity index is 1.53. The smallest absolute Gasteiger partial charge is 0.234 e. The van der Waals surface area contributed by atoms with Crippen molar-refractivity contribution in [3.63, 3.8) is 0 Å². The van der Waals surface area contributed by atoms with Crippen LogP contribution in [0.3, 0.4) is 0 Å². The molecule has 1 amide bonds. The van der Waals surface area contributed by atoms with Crippen LogP contribution >= 0.6 is 23.1 Å². The van der Waals surface area contributed by atoms with Crippen molar-refractivity contribution in [3.8, 4) is 0 Å². The van der Waals surface area contributed by atoms with Gasteiger partial charge in [0.15, 0.2) is 0 Å². The molecule has 1 aromatic heterocycles. The Bertz CT molecular complexity index is 818. The van der Waals surface area contributed by atoms with Crippen LogP contribution in [0.25, 0.3) is 10.2 Å². The Morgan fingerprint density at radius 3 is 2.87 bits per heavy atom. The number of aromatic nitrogens is 1. The Hall–Kier alpha value is -1.99. The number of halogens is 2. The predicted octanol–water partition coefficient (Wildman–Crippen LogP) is 4.45. The van der Waals surface area contributed by atoms with Gasteiger partial charge in [-0.15, -0.1) is 23.1 Å². The van der Waals surface area contributed by atoms with Crippen LogP contribution in [0, 0.1) is 11.6 Å². The fraction of sp³-hybridized carbons (Fsp3) is 0.125. The summed E-state index contributed by atoms with van der Waals surface area (Å²) in [5.41, 5.74) is 0.801. The predicted molar refractivity (Wildman–Crippen MR) is 90.8 cm³/mol. The van der Waals surface area contributed by atoms with Gasteiger partial charge in [-0.1, -0.05) is 12.1 Å². The first-order chi connectivity index (χ1) is 11.1. The van der Waals surface area contributed by atoms with E-state index in [0.717, 1.165) is 33.4 Å². The van der Waals surface area contributed by atoms with Crippen molar-refractivity contribution < 1.29 is 13.6 Å². The molecule has 0 atom stereocenters. The molecule has 1 heterocycles. The third kappa shape index (κ3) is 4.05. The van der Waals surface area contributed by atoms with E-state index < -0.39 is 11.6 Å². The van der Waals surface area contributed by atoms with Crippen LogP contribution in [-0.4, -0.2) is 16.6 Å². The summed E-state index contributed by atoms with van der Waals surface area (Å²) >= 11 is 2.96. The molecule has 0 aliphatic carbocycles. The van der Waals surface area contributed by atoms with Crippen molar-refractivity contribution in [2.75, 3.05) is 11.1 Å². The highest BCUT2D eigenvalue weighted by molar-refractivity contribution is 7.99. The summed E-state index contributed by atoms with van der Waals surface area (Å²) in [5.74, 6) is -0.884. The van der Waals surface area contributed by atoms with E-state index >= 15 is 0 Å². The monoisotopic (exact) mass is 350 g/mol. The number of amides is 1. The van der Waals surface area contributed by atoms with Crippen molar-refractivity contribution in [1.29, 1.82) is 0 Å². The second kappa shape index (κ2) is 7.06. The molecule has 3 aromatic rings. The quantitative estimate of drug-likeness (QED) is 0.739. The summed E-state index contributed by atoms with van der Waals surface area (Å²) in [5, 5.41) is 3.30. The van der Waals surface area contributed by atoms with Crippen LogP contribution in [0.5, 0.6) is 0 Å². The number of hydrogen-bond donors (Lipinski definition) is 1. The second-order valence-electron chi connectivity index (χ2n) is 4.74. The van der Waals surface area contributed by atoms with Gasteiger partial charge in [0.2, 0.25) is 5.91 Å². The number of thioether (sulfide) groups is 1. The molecule has 3 rings (SSSR count). The van der Waals surface area contributed by atoms with Gasteiger partial charge in [-0.2, -0.15) is 0 Å². The van der Waals surface area contributed by atoms with Crippen LogP contribution in [0.1, 0.15) is 5.01 Å². The first-order valence-corrected chi connectivity index (χ1v) is 8.76. The number of anilines is 1. The van der Waals surface area contributed by atoms with E-state index in [2.05, 4.69) is 10.3 Å².